The van der Waals surface area contributed by atoms with Gasteiger partial charge < -0.3 is 15.5 Å². The van der Waals surface area contributed by atoms with Crippen molar-refractivity contribution < 1.29 is 19.4 Å². The summed E-state index contributed by atoms with van der Waals surface area (Å²) in [5.74, 6) is -0.318. The van der Waals surface area contributed by atoms with Crippen LogP contribution >= 0.6 is 23.1 Å². The van der Waals surface area contributed by atoms with Gasteiger partial charge in [0, 0.05) is 7.05 Å². The molecule has 3 rings (SSSR count). The molecule has 0 fully saturated rings. The fraction of sp³-hybridized carbons (Fsp3) is 0.333. The van der Waals surface area contributed by atoms with Crippen molar-refractivity contribution in [3.8, 4) is 0 Å². The third-order valence-electron chi connectivity index (χ3n) is 4.17. The minimum Gasteiger partial charge on any atom is -0.394 e. The number of aliphatic hydroxyl groups is 2. The molecule has 1 atom stereocenters. The van der Waals surface area contributed by atoms with E-state index in [1.54, 1.807) is 19.1 Å². The Hall–Kier alpha value is -2.02. The lowest BCUT2D eigenvalue weighted by molar-refractivity contribution is -0.0671. The third kappa shape index (κ3) is 4.44. The van der Waals surface area contributed by atoms with Gasteiger partial charge in [0.25, 0.3) is 5.56 Å². The van der Waals surface area contributed by atoms with Crippen molar-refractivity contribution in [2.45, 2.75) is 17.5 Å². The van der Waals surface area contributed by atoms with Crippen molar-refractivity contribution in [1.29, 1.82) is 0 Å². The quantitative estimate of drug-likeness (QED) is 0.183. The summed E-state index contributed by atoms with van der Waals surface area (Å²) in [7, 11) is 1.53. The van der Waals surface area contributed by atoms with Crippen molar-refractivity contribution in [2.75, 3.05) is 24.8 Å². The van der Waals surface area contributed by atoms with E-state index in [2.05, 4.69) is 15.8 Å². The van der Waals surface area contributed by atoms with Gasteiger partial charge in [-0.05, 0) is 30.9 Å². The number of pyridine rings is 1. The smallest absolute Gasteiger partial charge is 0.271 e. The lowest BCUT2D eigenvalue weighted by Crippen LogP contribution is -2.28. The topological polar surface area (TPSA) is 109 Å². The molecule has 0 aliphatic carbocycles. The van der Waals surface area contributed by atoms with Gasteiger partial charge in [-0.15, -0.1) is 11.3 Å². The Morgan fingerprint density at radius 1 is 1.45 bits per heavy atom. The van der Waals surface area contributed by atoms with Gasteiger partial charge in [-0.1, -0.05) is 17.8 Å². The fourth-order valence-electron chi connectivity index (χ4n) is 2.76. The Morgan fingerprint density at radius 3 is 2.86 bits per heavy atom. The van der Waals surface area contributed by atoms with Crippen LogP contribution in [0, 0.1) is 12.7 Å². The van der Waals surface area contributed by atoms with Gasteiger partial charge >= 0.3 is 0 Å². The Kier molecular flexibility index (Phi) is 6.88. The molecule has 2 aromatic heterocycles. The van der Waals surface area contributed by atoms with E-state index in [1.807, 2.05) is 6.26 Å². The highest BCUT2D eigenvalue weighted by Gasteiger charge is 2.25. The van der Waals surface area contributed by atoms with Crippen molar-refractivity contribution >= 4 is 44.8 Å². The Bertz CT molecular complexity index is 1090. The molecule has 0 aliphatic heterocycles. The largest absolute Gasteiger partial charge is 0.394 e. The SMILES string of the molecule is CSc1nc2c(C(O)NOCCO)c(Nc3ccc(C)cc3F)n(C)c(=O)c2s1. The van der Waals surface area contributed by atoms with Crippen molar-refractivity contribution in [1.82, 2.24) is 15.0 Å². The van der Waals surface area contributed by atoms with E-state index in [1.165, 1.54) is 40.8 Å². The highest BCUT2D eigenvalue weighted by Crippen LogP contribution is 2.35. The van der Waals surface area contributed by atoms with Crippen molar-refractivity contribution in [2.24, 2.45) is 7.05 Å². The minimum absolute atomic E-state index is 0.0472. The van der Waals surface area contributed by atoms with Crippen LogP contribution < -0.4 is 16.4 Å². The summed E-state index contributed by atoms with van der Waals surface area (Å²) in [6, 6.07) is 4.65. The molecule has 0 aliphatic rings. The van der Waals surface area contributed by atoms with Crippen molar-refractivity contribution in [3.63, 3.8) is 0 Å². The minimum atomic E-state index is -1.39. The number of fused-ring (bicyclic) bond motifs is 1. The number of hydroxylamine groups is 1. The van der Waals surface area contributed by atoms with E-state index in [-0.39, 0.29) is 35.8 Å². The summed E-state index contributed by atoms with van der Waals surface area (Å²) in [5.41, 5.74) is 3.53. The van der Waals surface area contributed by atoms with Crippen LogP contribution in [0.15, 0.2) is 27.3 Å². The van der Waals surface area contributed by atoms with Gasteiger partial charge in [0.1, 0.15) is 16.3 Å². The number of hydrogen-bond acceptors (Lipinski definition) is 9. The molecule has 11 heteroatoms. The van der Waals surface area contributed by atoms with Gasteiger partial charge in [0.15, 0.2) is 10.6 Å². The molecular weight excluding hydrogens is 419 g/mol. The number of thiazole rings is 1. The van der Waals surface area contributed by atoms with Crippen LogP contribution in [-0.2, 0) is 11.9 Å². The molecule has 156 valence electrons. The van der Waals surface area contributed by atoms with E-state index < -0.39 is 12.0 Å². The first-order valence-electron chi connectivity index (χ1n) is 8.64. The maximum atomic E-state index is 14.4. The zero-order chi connectivity index (χ0) is 21.1. The Morgan fingerprint density at radius 2 is 2.21 bits per heavy atom. The van der Waals surface area contributed by atoms with Crippen LogP contribution in [0.1, 0.15) is 17.4 Å². The van der Waals surface area contributed by atoms with Gasteiger partial charge in [0.2, 0.25) is 0 Å². The zero-order valence-electron chi connectivity index (χ0n) is 16.0. The second kappa shape index (κ2) is 9.20. The highest BCUT2D eigenvalue weighted by atomic mass is 32.2. The number of anilines is 2. The molecule has 29 heavy (non-hydrogen) atoms. The van der Waals surface area contributed by atoms with E-state index in [0.29, 0.717) is 14.6 Å². The summed E-state index contributed by atoms with van der Waals surface area (Å²) >= 11 is 2.59. The number of aliphatic hydroxyl groups excluding tert-OH is 2. The molecule has 0 saturated carbocycles. The number of hydrogen-bond donors (Lipinski definition) is 4. The molecule has 3 aromatic rings. The van der Waals surface area contributed by atoms with E-state index in [0.717, 1.165) is 5.56 Å². The lowest BCUT2D eigenvalue weighted by atomic mass is 10.1. The van der Waals surface area contributed by atoms with E-state index >= 15 is 0 Å². The second-order valence-electron chi connectivity index (χ2n) is 6.19. The average molecular weight is 441 g/mol. The van der Waals surface area contributed by atoms with Crippen LogP contribution in [0.25, 0.3) is 10.2 Å². The average Bonchev–Trinajstić information content (AvgIpc) is 3.12. The predicted octanol–water partition coefficient (Wildman–Crippen LogP) is 2.41. The molecular formula is C18H21FN4O4S2. The summed E-state index contributed by atoms with van der Waals surface area (Å²) in [4.78, 5) is 22.3. The summed E-state index contributed by atoms with van der Waals surface area (Å²) in [6.45, 7) is 1.48. The first-order valence-corrected chi connectivity index (χ1v) is 10.7. The first kappa shape index (κ1) is 21.7. The maximum absolute atomic E-state index is 14.4. The maximum Gasteiger partial charge on any atom is 0.271 e. The monoisotopic (exact) mass is 440 g/mol. The number of benzene rings is 1. The van der Waals surface area contributed by atoms with Gasteiger partial charge in [-0.25, -0.2) is 9.37 Å². The standard InChI is InChI=1S/C18H21FN4O4S2/c1-9-4-5-11(10(19)8-9)20-15-12(16(25)22-27-7-6-24)13-14(17(26)23(15)2)29-18(21-13)28-3/h4-5,8,16,20,22,24-25H,6-7H2,1-3H3. The molecule has 0 saturated heterocycles. The molecule has 1 unspecified atom stereocenters. The summed E-state index contributed by atoms with van der Waals surface area (Å²) < 4.78 is 16.7. The summed E-state index contributed by atoms with van der Waals surface area (Å²) in [5, 5.41) is 22.5. The zero-order valence-corrected chi connectivity index (χ0v) is 17.7. The molecule has 4 N–H and O–H groups in total. The van der Waals surface area contributed by atoms with Crippen LogP contribution in [-0.4, -0.2) is 39.2 Å². The molecule has 1 aromatic carbocycles. The molecule has 0 bridgehead atoms. The predicted molar refractivity (Wildman–Crippen MR) is 112 cm³/mol. The number of halogens is 1. The van der Waals surface area contributed by atoms with Crippen LogP contribution in [0.2, 0.25) is 0 Å². The molecule has 0 spiro atoms. The van der Waals surface area contributed by atoms with Crippen LogP contribution in [0.5, 0.6) is 0 Å². The number of aryl methyl sites for hydroxylation is 1. The fourth-order valence-corrected chi connectivity index (χ4v) is 4.32. The number of rotatable bonds is 8. The third-order valence-corrected chi connectivity index (χ3v) is 6.19. The molecule has 0 radical (unpaired) electrons. The van der Waals surface area contributed by atoms with Gasteiger partial charge in [-0.2, -0.15) is 5.48 Å². The number of thioether (sulfide) groups is 1. The van der Waals surface area contributed by atoms with Crippen LogP contribution in [0.4, 0.5) is 15.9 Å². The Balaban J connectivity index is 2.19. The first-order chi connectivity index (χ1) is 13.9. The number of aromatic nitrogens is 2. The highest BCUT2D eigenvalue weighted by molar-refractivity contribution is 8.00. The Labute approximate surface area is 174 Å². The molecule has 0 amide bonds. The van der Waals surface area contributed by atoms with Crippen molar-refractivity contribution in [3.05, 3.63) is 45.5 Å². The van der Waals surface area contributed by atoms with E-state index in [9.17, 15) is 14.3 Å². The molecule has 2 heterocycles. The number of nitrogens with one attached hydrogen (secondary N) is 2. The lowest BCUT2D eigenvalue weighted by Gasteiger charge is -2.21. The van der Waals surface area contributed by atoms with Gasteiger partial charge in [-0.3, -0.25) is 14.2 Å². The van der Waals surface area contributed by atoms with Crippen LogP contribution in [0.3, 0.4) is 0 Å². The molecule has 8 nitrogen and oxygen atoms in total. The normalized spacial score (nSPS) is 12.5. The van der Waals surface area contributed by atoms with E-state index in [4.69, 9.17) is 9.94 Å². The second-order valence-corrected chi connectivity index (χ2v) is 8.24. The van der Waals surface area contributed by atoms with Gasteiger partial charge in [0.05, 0.1) is 30.0 Å². The summed E-state index contributed by atoms with van der Waals surface area (Å²) in [6.07, 6.45) is 0.450. The number of nitrogens with zero attached hydrogens (tertiary/aromatic N) is 2.